The summed E-state index contributed by atoms with van der Waals surface area (Å²) in [5.74, 6) is 0. The summed E-state index contributed by atoms with van der Waals surface area (Å²) < 4.78 is 5.30. The highest BCUT2D eigenvalue weighted by molar-refractivity contribution is 5.20. The molecule has 0 saturated carbocycles. The molecule has 1 fully saturated rings. The van der Waals surface area contributed by atoms with Crippen LogP contribution in [0.25, 0.3) is 0 Å². The van der Waals surface area contributed by atoms with E-state index in [0.29, 0.717) is 0 Å². The summed E-state index contributed by atoms with van der Waals surface area (Å²) in [6, 6.07) is 5.76. The summed E-state index contributed by atoms with van der Waals surface area (Å²) in [5, 5.41) is 12.4. The third-order valence-corrected chi connectivity index (χ3v) is 3.05. The number of hydrogen-bond acceptors (Lipinski definition) is 5. The van der Waals surface area contributed by atoms with Crippen LogP contribution in [-0.4, -0.2) is 49.3 Å². The van der Waals surface area contributed by atoms with Gasteiger partial charge in [-0.15, -0.1) is 0 Å². The Morgan fingerprint density at radius 1 is 1.39 bits per heavy atom. The van der Waals surface area contributed by atoms with Gasteiger partial charge in [0.15, 0.2) is 0 Å². The van der Waals surface area contributed by atoms with E-state index in [1.54, 1.807) is 12.4 Å². The fraction of sp³-hybridized carbons (Fsp3) is 0.538. The fourth-order valence-corrected chi connectivity index (χ4v) is 1.99. The van der Waals surface area contributed by atoms with Gasteiger partial charge in [-0.3, -0.25) is 15.2 Å². The van der Waals surface area contributed by atoms with Crippen LogP contribution in [0.4, 0.5) is 0 Å². The number of morpholine rings is 1. The molecule has 1 aliphatic heterocycles. The SMILES string of the molecule is N#CC(NCCN1CCOCC1)c1ccncc1. The standard InChI is InChI=1S/C13H18N4O/c14-11-13(12-1-3-15-4-2-12)16-5-6-17-7-9-18-10-8-17/h1-4,13,16H,5-10H2. The second-order valence-electron chi connectivity index (χ2n) is 4.25. The van der Waals surface area contributed by atoms with Gasteiger partial charge in [0.1, 0.15) is 6.04 Å². The largest absolute Gasteiger partial charge is 0.379 e. The molecule has 2 rings (SSSR count). The van der Waals surface area contributed by atoms with Crippen molar-refractivity contribution in [2.24, 2.45) is 0 Å². The van der Waals surface area contributed by atoms with E-state index in [9.17, 15) is 0 Å². The van der Waals surface area contributed by atoms with Crippen LogP contribution in [0.2, 0.25) is 0 Å². The molecular weight excluding hydrogens is 228 g/mol. The molecule has 5 nitrogen and oxygen atoms in total. The van der Waals surface area contributed by atoms with Gasteiger partial charge in [-0.05, 0) is 17.7 Å². The Morgan fingerprint density at radius 2 is 2.11 bits per heavy atom. The molecule has 18 heavy (non-hydrogen) atoms. The van der Waals surface area contributed by atoms with E-state index in [0.717, 1.165) is 45.0 Å². The number of nitrogens with zero attached hydrogens (tertiary/aromatic N) is 3. The Balaban J connectivity index is 1.76. The van der Waals surface area contributed by atoms with Crippen molar-refractivity contribution in [3.05, 3.63) is 30.1 Å². The molecule has 1 aromatic rings. The lowest BCUT2D eigenvalue weighted by molar-refractivity contribution is 0.0383. The second-order valence-corrected chi connectivity index (χ2v) is 4.25. The average Bonchev–Trinajstić information content (AvgIpc) is 2.46. The first kappa shape index (κ1) is 13.0. The molecule has 0 spiro atoms. The molecule has 0 radical (unpaired) electrons. The number of rotatable bonds is 5. The van der Waals surface area contributed by atoms with E-state index in [4.69, 9.17) is 10.00 Å². The van der Waals surface area contributed by atoms with Crippen LogP contribution in [0.5, 0.6) is 0 Å². The van der Waals surface area contributed by atoms with Gasteiger partial charge in [0.2, 0.25) is 0 Å². The Morgan fingerprint density at radius 3 is 2.78 bits per heavy atom. The average molecular weight is 246 g/mol. The van der Waals surface area contributed by atoms with Crippen molar-refractivity contribution < 1.29 is 4.74 Å². The highest BCUT2D eigenvalue weighted by atomic mass is 16.5. The van der Waals surface area contributed by atoms with Crippen LogP contribution in [0, 0.1) is 11.3 Å². The van der Waals surface area contributed by atoms with Gasteiger partial charge in [-0.2, -0.15) is 5.26 Å². The molecule has 1 aromatic heterocycles. The van der Waals surface area contributed by atoms with Gasteiger partial charge in [0, 0.05) is 38.6 Å². The molecule has 1 saturated heterocycles. The molecule has 0 aliphatic carbocycles. The maximum absolute atomic E-state index is 9.15. The predicted molar refractivity (Wildman–Crippen MR) is 67.9 cm³/mol. The topological polar surface area (TPSA) is 61.2 Å². The molecule has 0 bridgehead atoms. The number of aromatic nitrogens is 1. The number of nitrogens with one attached hydrogen (secondary N) is 1. The van der Waals surface area contributed by atoms with E-state index < -0.39 is 0 Å². The van der Waals surface area contributed by atoms with E-state index in [1.165, 1.54) is 0 Å². The number of nitriles is 1. The van der Waals surface area contributed by atoms with Crippen molar-refractivity contribution in [3.8, 4) is 6.07 Å². The summed E-state index contributed by atoms with van der Waals surface area (Å²) >= 11 is 0. The minimum absolute atomic E-state index is 0.256. The van der Waals surface area contributed by atoms with Crippen molar-refractivity contribution in [2.75, 3.05) is 39.4 Å². The number of pyridine rings is 1. The lowest BCUT2D eigenvalue weighted by atomic mass is 10.1. The minimum Gasteiger partial charge on any atom is -0.379 e. The van der Waals surface area contributed by atoms with E-state index in [2.05, 4.69) is 21.3 Å². The normalized spacial score (nSPS) is 18.2. The first-order valence-corrected chi connectivity index (χ1v) is 6.23. The van der Waals surface area contributed by atoms with Gasteiger partial charge >= 0.3 is 0 Å². The van der Waals surface area contributed by atoms with Gasteiger partial charge in [0.05, 0.1) is 19.3 Å². The summed E-state index contributed by atoms with van der Waals surface area (Å²) in [6.45, 7) is 5.34. The maximum atomic E-state index is 9.15. The van der Waals surface area contributed by atoms with Crippen LogP contribution in [0.3, 0.4) is 0 Å². The van der Waals surface area contributed by atoms with Crippen LogP contribution in [0.15, 0.2) is 24.5 Å². The summed E-state index contributed by atoms with van der Waals surface area (Å²) in [7, 11) is 0. The van der Waals surface area contributed by atoms with Gasteiger partial charge in [-0.25, -0.2) is 0 Å². The van der Waals surface area contributed by atoms with E-state index in [-0.39, 0.29) is 6.04 Å². The maximum Gasteiger partial charge on any atom is 0.121 e. The predicted octanol–water partition coefficient (Wildman–Crippen LogP) is 0.568. The zero-order valence-corrected chi connectivity index (χ0v) is 10.4. The number of hydrogen-bond donors (Lipinski definition) is 1. The summed E-state index contributed by atoms with van der Waals surface area (Å²) in [4.78, 5) is 6.30. The minimum atomic E-state index is -0.256. The second kappa shape index (κ2) is 7.07. The molecule has 96 valence electrons. The third-order valence-electron chi connectivity index (χ3n) is 3.05. The zero-order chi connectivity index (χ0) is 12.6. The molecular formula is C13H18N4O. The lowest BCUT2D eigenvalue weighted by Crippen LogP contribution is -2.40. The van der Waals surface area contributed by atoms with Crippen molar-refractivity contribution in [3.63, 3.8) is 0 Å². The summed E-state index contributed by atoms with van der Waals surface area (Å²) in [6.07, 6.45) is 3.42. The Hall–Kier alpha value is -1.48. The molecule has 1 aliphatic rings. The third kappa shape index (κ3) is 3.77. The van der Waals surface area contributed by atoms with Crippen molar-refractivity contribution in [2.45, 2.75) is 6.04 Å². The van der Waals surface area contributed by atoms with Gasteiger partial charge in [-0.1, -0.05) is 0 Å². The molecule has 5 heteroatoms. The van der Waals surface area contributed by atoms with E-state index in [1.807, 2.05) is 12.1 Å². The first-order chi connectivity index (χ1) is 8.90. The highest BCUT2D eigenvalue weighted by Crippen LogP contribution is 2.09. The van der Waals surface area contributed by atoms with Crippen LogP contribution in [0.1, 0.15) is 11.6 Å². The Kier molecular flexibility index (Phi) is 5.09. The van der Waals surface area contributed by atoms with Crippen molar-refractivity contribution in [1.29, 1.82) is 5.26 Å². The Bertz CT molecular complexity index is 384. The fourth-order valence-electron chi connectivity index (χ4n) is 1.99. The van der Waals surface area contributed by atoms with Crippen LogP contribution >= 0.6 is 0 Å². The first-order valence-electron chi connectivity index (χ1n) is 6.23. The van der Waals surface area contributed by atoms with E-state index >= 15 is 0 Å². The summed E-state index contributed by atoms with van der Waals surface area (Å²) in [5.41, 5.74) is 0.967. The monoisotopic (exact) mass is 246 g/mol. The molecule has 1 N–H and O–H groups in total. The molecule has 1 unspecified atom stereocenters. The van der Waals surface area contributed by atoms with Gasteiger partial charge < -0.3 is 4.74 Å². The molecule has 1 atom stereocenters. The number of ether oxygens (including phenoxy) is 1. The van der Waals surface area contributed by atoms with Crippen LogP contribution in [-0.2, 0) is 4.74 Å². The zero-order valence-electron chi connectivity index (χ0n) is 10.4. The molecule has 0 aromatic carbocycles. The van der Waals surface area contributed by atoms with Crippen molar-refractivity contribution in [1.82, 2.24) is 15.2 Å². The lowest BCUT2D eigenvalue weighted by Gasteiger charge is -2.27. The molecule has 0 amide bonds. The highest BCUT2D eigenvalue weighted by Gasteiger charge is 2.12. The quantitative estimate of drug-likeness (QED) is 0.823. The van der Waals surface area contributed by atoms with Crippen LogP contribution < -0.4 is 5.32 Å². The van der Waals surface area contributed by atoms with Gasteiger partial charge in [0.25, 0.3) is 0 Å². The van der Waals surface area contributed by atoms with Crippen molar-refractivity contribution >= 4 is 0 Å². The molecule has 2 heterocycles. The smallest absolute Gasteiger partial charge is 0.121 e. The Labute approximate surface area is 107 Å².